The van der Waals surface area contributed by atoms with E-state index in [0.29, 0.717) is 30.8 Å². The number of rotatable bonds is 6. The van der Waals surface area contributed by atoms with Gasteiger partial charge in [-0.15, -0.1) is 0 Å². The van der Waals surface area contributed by atoms with Gasteiger partial charge in [0.1, 0.15) is 17.9 Å². The molecule has 10 heteroatoms. The molecule has 3 rings (SSSR count). The molecule has 0 radical (unpaired) electrons. The highest BCUT2D eigenvalue weighted by molar-refractivity contribution is 5.98. The first-order valence-electron chi connectivity index (χ1n) is 8.87. The van der Waals surface area contributed by atoms with Gasteiger partial charge in [0.25, 0.3) is 5.56 Å². The Balaban J connectivity index is 1.76. The van der Waals surface area contributed by atoms with E-state index in [1.165, 1.54) is 4.90 Å². The zero-order chi connectivity index (χ0) is 21.0. The molecule has 0 unspecified atom stereocenters. The third kappa shape index (κ3) is 4.76. The van der Waals surface area contributed by atoms with Crippen LogP contribution in [0, 0.1) is 0 Å². The monoisotopic (exact) mass is 408 g/mol. The molecule has 1 aromatic carbocycles. The van der Waals surface area contributed by atoms with Crippen LogP contribution in [0.25, 0.3) is 0 Å². The minimum absolute atomic E-state index is 0.114. The van der Waals surface area contributed by atoms with E-state index < -0.39 is 17.3 Å². The van der Waals surface area contributed by atoms with Crippen LogP contribution in [-0.2, 0) is 11.0 Å². The van der Waals surface area contributed by atoms with Gasteiger partial charge in [0, 0.05) is 18.3 Å². The van der Waals surface area contributed by atoms with Crippen LogP contribution in [0.3, 0.4) is 0 Å². The predicted molar refractivity (Wildman–Crippen MR) is 101 cm³/mol. The normalized spacial score (nSPS) is 16.5. The molecule has 0 spiro atoms. The minimum atomic E-state index is -4.79. The van der Waals surface area contributed by atoms with Crippen LogP contribution in [0.4, 0.5) is 24.5 Å². The van der Waals surface area contributed by atoms with E-state index in [2.05, 4.69) is 17.0 Å². The van der Waals surface area contributed by atoms with E-state index >= 15 is 0 Å². The summed E-state index contributed by atoms with van der Waals surface area (Å²) < 4.78 is 45.9. The molecule has 29 heavy (non-hydrogen) atoms. The topological polar surface area (TPSA) is 87.3 Å². The quantitative estimate of drug-likeness (QED) is 0.718. The molecular weight excluding hydrogens is 389 g/mol. The Hall–Kier alpha value is -3.30. The fraction of sp³-hybridized carbons (Fsp3) is 0.316. The number of benzene rings is 1. The number of aromatic nitrogens is 2. The number of carbonyl (C=O) groups excluding carboxylic acids is 1. The highest BCUT2D eigenvalue weighted by Gasteiger charge is 2.40. The number of nitrogens with zero attached hydrogens (tertiary/aromatic N) is 2. The van der Waals surface area contributed by atoms with Crippen LogP contribution < -0.4 is 20.5 Å². The van der Waals surface area contributed by atoms with E-state index in [4.69, 9.17) is 4.74 Å². The molecule has 0 bridgehead atoms. The number of alkyl halides is 3. The maximum Gasteiger partial charge on any atom is 0.423 e. The average Bonchev–Trinajstić information content (AvgIpc) is 3.14. The van der Waals surface area contributed by atoms with Crippen molar-refractivity contribution in [2.45, 2.75) is 25.1 Å². The van der Waals surface area contributed by atoms with Crippen molar-refractivity contribution in [3.63, 3.8) is 0 Å². The molecule has 0 aliphatic carbocycles. The lowest BCUT2D eigenvalue weighted by Gasteiger charge is -2.28. The average molecular weight is 408 g/mol. The molecule has 1 aromatic heterocycles. The van der Waals surface area contributed by atoms with E-state index in [0.717, 1.165) is 12.3 Å². The molecule has 2 heterocycles. The molecule has 2 N–H and O–H groups in total. The van der Waals surface area contributed by atoms with Gasteiger partial charge in [0.2, 0.25) is 5.91 Å². The first kappa shape index (κ1) is 20.4. The Morgan fingerprint density at radius 3 is 2.97 bits per heavy atom. The zero-order valence-corrected chi connectivity index (χ0v) is 15.3. The lowest BCUT2D eigenvalue weighted by Crippen LogP contribution is -2.37. The fourth-order valence-electron chi connectivity index (χ4n) is 3.26. The van der Waals surface area contributed by atoms with Crippen LogP contribution in [0.2, 0.25) is 0 Å². The van der Waals surface area contributed by atoms with Gasteiger partial charge in [-0.1, -0.05) is 12.6 Å². The van der Waals surface area contributed by atoms with Gasteiger partial charge in [-0.3, -0.25) is 9.59 Å². The standard InChI is InChI=1S/C19H19F3N4O3/c1-2-16(27)24-12-5-3-7-14(9-12)29-11-13-6-4-8-26(13)15-10-23-25-18(28)17(15)19(20,21)22/h2-3,5,7,9-10,13H,1,4,6,8,11H2,(H,24,27)(H,25,28)/t13-/m0/s1. The number of ether oxygens (including phenoxy) is 1. The summed E-state index contributed by atoms with van der Waals surface area (Å²) in [6, 6.07) is 6.29. The fourth-order valence-corrected chi connectivity index (χ4v) is 3.26. The van der Waals surface area contributed by atoms with E-state index in [1.54, 1.807) is 24.3 Å². The Labute approximate surface area is 164 Å². The minimum Gasteiger partial charge on any atom is -0.491 e. The van der Waals surface area contributed by atoms with Crippen LogP contribution in [0.1, 0.15) is 18.4 Å². The molecule has 7 nitrogen and oxygen atoms in total. The summed E-state index contributed by atoms with van der Waals surface area (Å²) in [6.45, 7) is 3.85. The van der Waals surface area contributed by atoms with Gasteiger partial charge in [0.05, 0.1) is 17.9 Å². The molecule has 1 amide bonds. The molecule has 2 aromatic rings. The highest BCUT2D eigenvalue weighted by Crippen LogP contribution is 2.36. The largest absolute Gasteiger partial charge is 0.491 e. The molecular formula is C19H19F3N4O3. The second-order valence-corrected chi connectivity index (χ2v) is 6.48. The smallest absolute Gasteiger partial charge is 0.423 e. The third-order valence-electron chi connectivity index (χ3n) is 4.54. The van der Waals surface area contributed by atoms with Gasteiger partial charge in [-0.2, -0.15) is 18.3 Å². The number of H-pyrrole nitrogens is 1. The first-order valence-corrected chi connectivity index (χ1v) is 8.87. The van der Waals surface area contributed by atoms with Gasteiger partial charge in [-0.25, -0.2) is 5.10 Å². The van der Waals surface area contributed by atoms with E-state index in [1.807, 2.05) is 5.10 Å². The Morgan fingerprint density at radius 2 is 2.24 bits per heavy atom. The van der Waals surface area contributed by atoms with E-state index in [-0.39, 0.29) is 24.2 Å². The number of nitrogens with one attached hydrogen (secondary N) is 2. The summed E-state index contributed by atoms with van der Waals surface area (Å²) in [5.74, 6) is 0.0874. The van der Waals surface area contributed by atoms with Gasteiger partial charge >= 0.3 is 6.18 Å². The molecule has 1 fully saturated rings. The summed E-state index contributed by atoms with van der Waals surface area (Å²) >= 11 is 0. The lowest BCUT2D eigenvalue weighted by molar-refractivity contribution is -0.138. The summed E-state index contributed by atoms with van der Waals surface area (Å²) in [7, 11) is 0. The van der Waals surface area contributed by atoms with Gasteiger partial charge in [0.15, 0.2) is 0 Å². The lowest BCUT2D eigenvalue weighted by atomic mass is 10.2. The number of amides is 1. The molecule has 1 saturated heterocycles. The zero-order valence-electron chi connectivity index (χ0n) is 15.3. The first-order chi connectivity index (χ1) is 13.8. The third-order valence-corrected chi connectivity index (χ3v) is 4.54. The van der Waals surface area contributed by atoms with Crippen LogP contribution in [0.15, 0.2) is 47.9 Å². The van der Waals surface area contributed by atoms with Crippen molar-refractivity contribution in [3.8, 4) is 5.75 Å². The summed E-state index contributed by atoms with van der Waals surface area (Å²) in [6.07, 6.45) is -1.37. The van der Waals surface area contributed by atoms with Gasteiger partial charge in [-0.05, 0) is 31.1 Å². The number of aromatic amines is 1. The van der Waals surface area contributed by atoms with Crippen molar-refractivity contribution in [1.29, 1.82) is 0 Å². The Morgan fingerprint density at radius 1 is 1.45 bits per heavy atom. The second-order valence-electron chi connectivity index (χ2n) is 6.48. The number of halogens is 3. The number of carbonyl (C=O) groups is 1. The summed E-state index contributed by atoms with van der Waals surface area (Å²) in [5.41, 5.74) is -2.27. The van der Waals surface area contributed by atoms with Crippen molar-refractivity contribution >= 4 is 17.3 Å². The van der Waals surface area contributed by atoms with Crippen molar-refractivity contribution in [2.24, 2.45) is 0 Å². The Kier molecular flexibility index (Phi) is 5.90. The summed E-state index contributed by atoms with van der Waals surface area (Å²) in [4.78, 5) is 24.6. The van der Waals surface area contributed by atoms with Crippen molar-refractivity contribution in [2.75, 3.05) is 23.4 Å². The maximum absolute atomic E-state index is 13.4. The Bertz CT molecular complexity index is 958. The van der Waals surface area contributed by atoms with E-state index in [9.17, 15) is 22.8 Å². The molecule has 1 aliphatic rings. The predicted octanol–water partition coefficient (Wildman–Crippen LogP) is 2.96. The number of hydrogen-bond donors (Lipinski definition) is 2. The highest BCUT2D eigenvalue weighted by atomic mass is 19.4. The molecule has 0 saturated carbocycles. The number of hydrogen-bond acceptors (Lipinski definition) is 5. The maximum atomic E-state index is 13.4. The number of anilines is 2. The van der Waals surface area contributed by atoms with Crippen molar-refractivity contribution < 1.29 is 22.7 Å². The SMILES string of the molecule is C=CC(=O)Nc1cccc(OC[C@@H]2CCCN2c2cn[nH]c(=O)c2C(F)(F)F)c1. The van der Waals surface area contributed by atoms with Crippen LogP contribution in [0.5, 0.6) is 5.75 Å². The van der Waals surface area contributed by atoms with Gasteiger partial charge < -0.3 is 15.0 Å². The second kappa shape index (κ2) is 8.38. The molecule has 1 atom stereocenters. The molecule has 154 valence electrons. The van der Waals surface area contributed by atoms with Crippen LogP contribution >= 0.6 is 0 Å². The van der Waals surface area contributed by atoms with Crippen molar-refractivity contribution in [1.82, 2.24) is 10.2 Å². The summed E-state index contributed by atoms with van der Waals surface area (Å²) in [5, 5.41) is 7.99. The molecule has 1 aliphatic heterocycles. The van der Waals surface area contributed by atoms with Crippen LogP contribution in [-0.4, -0.2) is 35.3 Å². The van der Waals surface area contributed by atoms with Crippen molar-refractivity contribution in [3.05, 3.63) is 59.0 Å².